The van der Waals surface area contributed by atoms with E-state index in [1.807, 2.05) is 18.7 Å². The molecule has 0 aromatic carbocycles. The van der Waals surface area contributed by atoms with Gasteiger partial charge in [0.05, 0.1) is 12.1 Å². The zero-order chi connectivity index (χ0) is 19.0. The molecule has 1 atom stereocenters. The Hall–Kier alpha value is -2.97. The van der Waals surface area contributed by atoms with Crippen LogP contribution in [0.25, 0.3) is 0 Å². The number of hydrogen-bond acceptors (Lipinski definition) is 6. The Kier molecular flexibility index (Phi) is 4.62. The van der Waals surface area contributed by atoms with Crippen LogP contribution in [-0.4, -0.2) is 62.3 Å². The molecule has 0 saturated carbocycles. The van der Waals surface area contributed by atoms with Gasteiger partial charge in [-0.3, -0.25) is 9.48 Å². The van der Waals surface area contributed by atoms with Gasteiger partial charge >= 0.3 is 5.97 Å². The highest BCUT2D eigenvalue weighted by Crippen LogP contribution is 2.32. The van der Waals surface area contributed by atoms with Crippen molar-refractivity contribution < 1.29 is 14.7 Å². The molecular weight excluding hydrogens is 336 g/mol. The van der Waals surface area contributed by atoms with Gasteiger partial charge in [0.15, 0.2) is 5.69 Å². The lowest BCUT2D eigenvalue weighted by Crippen LogP contribution is -2.35. The van der Waals surface area contributed by atoms with Crippen LogP contribution >= 0.6 is 0 Å². The van der Waals surface area contributed by atoms with Crippen LogP contribution in [0.4, 0.5) is 5.95 Å². The number of aromatic nitrogens is 4. The number of aryl methyl sites for hydroxylation is 1. The van der Waals surface area contributed by atoms with E-state index in [2.05, 4.69) is 15.1 Å². The summed E-state index contributed by atoms with van der Waals surface area (Å²) in [5.74, 6) is -0.636. The summed E-state index contributed by atoms with van der Waals surface area (Å²) in [6, 6.07) is 0. The first-order valence-corrected chi connectivity index (χ1v) is 8.45. The molecule has 0 bridgehead atoms. The van der Waals surface area contributed by atoms with Gasteiger partial charge in [-0.2, -0.15) is 5.10 Å². The molecule has 0 unspecified atom stereocenters. The van der Waals surface area contributed by atoms with Gasteiger partial charge in [-0.15, -0.1) is 0 Å². The van der Waals surface area contributed by atoms with E-state index >= 15 is 0 Å². The van der Waals surface area contributed by atoms with E-state index in [0.29, 0.717) is 36.7 Å². The molecule has 0 saturated heterocycles. The molecule has 1 aliphatic rings. The molecule has 9 nitrogen and oxygen atoms in total. The Balaban J connectivity index is 1.92. The van der Waals surface area contributed by atoms with Crippen LogP contribution in [0.15, 0.2) is 12.4 Å². The fourth-order valence-corrected chi connectivity index (χ4v) is 3.31. The minimum absolute atomic E-state index is 0.0813. The number of carboxylic acid groups (broad SMARTS) is 1. The van der Waals surface area contributed by atoms with Crippen molar-refractivity contribution in [2.24, 2.45) is 0 Å². The summed E-state index contributed by atoms with van der Waals surface area (Å²) in [4.78, 5) is 35.5. The Morgan fingerprint density at radius 1 is 1.31 bits per heavy atom. The van der Waals surface area contributed by atoms with Gasteiger partial charge in [0.1, 0.15) is 0 Å². The summed E-state index contributed by atoms with van der Waals surface area (Å²) in [5, 5.41) is 13.7. The number of hydrogen-bond donors (Lipinski definition) is 1. The predicted molar refractivity (Wildman–Crippen MR) is 94.4 cm³/mol. The van der Waals surface area contributed by atoms with Crippen LogP contribution in [0.3, 0.4) is 0 Å². The molecule has 0 fully saturated rings. The smallest absolute Gasteiger partial charge is 0.356 e. The van der Waals surface area contributed by atoms with Crippen molar-refractivity contribution in [3.8, 4) is 0 Å². The molecule has 26 heavy (non-hydrogen) atoms. The Labute approximate surface area is 151 Å². The lowest BCUT2D eigenvalue weighted by molar-refractivity contribution is 0.0687. The number of fused-ring (bicyclic) bond motifs is 1. The Morgan fingerprint density at radius 2 is 1.96 bits per heavy atom. The first-order valence-electron chi connectivity index (χ1n) is 8.45. The summed E-state index contributed by atoms with van der Waals surface area (Å²) >= 11 is 0. The lowest BCUT2D eigenvalue weighted by Gasteiger charge is -2.31. The summed E-state index contributed by atoms with van der Waals surface area (Å²) in [5.41, 5.74) is 2.16. The minimum Gasteiger partial charge on any atom is -0.476 e. The number of carbonyl (C=O) groups is 2. The number of amides is 1. The van der Waals surface area contributed by atoms with E-state index in [4.69, 9.17) is 0 Å². The fourth-order valence-electron chi connectivity index (χ4n) is 3.31. The van der Waals surface area contributed by atoms with Crippen LogP contribution in [0.5, 0.6) is 0 Å². The first-order chi connectivity index (χ1) is 12.3. The van der Waals surface area contributed by atoms with Crippen LogP contribution < -0.4 is 4.90 Å². The van der Waals surface area contributed by atoms with E-state index < -0.39 is 5.97 Å². The number of carbonyl (C=O) groups excluding carboxylic acids is 1. The highest BCUT2D eigenvalue weighted by Gasteiger charge is 2.32. The molecule has 3 rings (SSSR count). The standard InChI is InChI=1S/C17H22N6O3/c1-5-23-14-10(2)8-22(9-12(14)13(20-23)16(25)26)17-18-6-11(7-19-17)15(24)21(3)4/h6-7,10H,5,8-9H2,1-4H3,(H,25,26)/t10-/m0/s1. The van der Waals surface area contributed by atoms with E-state index in [-0.39, 0.29) is 17.5 Å². The molecular formula is C17H22N6O3. The molecule has 2 aromatic rings. The topological polar surface area (TPSA) is 104 Å². The van der Waals surface area contributed by atoms with Crippen LogP contribution in [0.2, 0.25) is 0 Å². The quantitative estimate of drug-likeness (QED) is 0.876. The molecule has 1 N–H and O–H groups in total. The Bertz CT molecular complexity index is 843. The molecule has 0 radical (unpaired) electrons. The average molecular weight is 358 g/mol. The number of rotatable bonds is 4. The van der Waals surface area contributed by atoms with Crippen molar-refractivity contribution in [1.29, 1.82) is 0 Å². The normalized spacial score (nSPS) is 16.3. The van der Waals surface area contributed by atoms with Gasteiger partial charge in [-0.1, -0.05) is 6.92 Å². The van der Waals surface area contributed by atoms with Gasteiger partial charge in [0, 0.05) is 56.8 Å². The van der Waals surface area contributed by atoms with Crippen LogP contribution in [-0.2, 0) is 13.1 Å². The largest absolute Gasteiger partial charge is 0.476 e. The van der Waals surface area contributed by atoms with E-state index in [1.165, 1.54) is 17.3 Å². The molecule has 0 spiro atoms. The van der Waals surface area contributed by atoms with Crippen molar-refractivity contribution in [2.45, 2.75) is 32.9 Å². The summed E-state index contributed by atoms with van der Waals surface area (Å²) < 4.78 is 1.76. The van der Waals surface area contributed by atoms with E-state index in [0.717, 1.165) is 5.69 Å². The third-order valence-electron chi connectivity index (χ3n) is 4.48. The third-order valence-corrected chi connectivity index (χ3v) is 4.48. The fraction of sp³-hybridized carbons (Fsp3) is 0.471. The van der Waals surface area contributed by atoms with Gasteiger partial charge in [-0.25, -0.2) is 14.8 Å². The number of carboxylic acids is 1. The SMILES string of the molecule is CCn1nc(C(=O)O)c2c1[C@@H](C)CN(c1ncc(C(=O)N(C)C)cn1)C2. The summed E-state index contributed by atoms with van der Waals surface area (Å²) in [6.07, 6.45) is 3.00. The number of anilines is 1. The number of nitrogens with zero attached hydrogens (tertiary/aromatic N) is 6. The zero-order valence-corrected chi connectivity index (χ0v) is 15.3. The van der Waals surface area contributed by atoms with Crippen molar-refractivity contribution >= 4 is 17.8 Å². The summed E-state index contributed by atoms with van der Waals surface area (Å²) in [6.45, 7) is 5.63. The number of aromatic carboxylic acids is 1. The molecule has 138 valence electrons. The van der Waals surface area contributed by atoms with Crippen molar-refractivity contribution in [2.75, 3.05) is 25.5 Å². The van der Waals surface area contributed by atoms with Crippen molar-refractivity contribution in [3.63, 3.8) is 0 Å². The van der Waals surface area contributed by atoms with Gasteiger partial charge in [0.25, 0.3) is 5.91 Å². The monoisotopic (exact) mass is 358 g/mol. The molecule has 1 aliphatic heterocycles. The zero-order valence-electron chi connectivity index (χ0n) is 15.3. The second-order valence-corrected chi connectivity index (χ2v) is 6.59. The average Bonchev–Trinajstić information content (AvgIpc) is 3.00. The summed E-state index contributed by atoms with van der Waals surface area (Å²) in [7, 11) is 3.34. The second-order valence-electron chi connectivity index (χ2n) is 6.59. The highest BCUT2D eigenvalue weighted by atomic mass is 16.4. The van der Waals surface area contributed by atoms with Crippen molar-refractivity contribution in [3.05, 3.63) is 34.9 Å². The maximum atomic E-state index is 12.0. The van der Waals surface area contributed by atoms with Crippen molar-refractivity contribution in [1.82, 2.24) is 24.6 Å². The Morgan fingerprint density at radius 3 is 2.50 bits per heavy atom. The maximum absolute atomic E-state index is 12.0. The second kappa shape index (κ2) is 6.74. The van der Waals surface area contributed by atoms with Crippen LogP contribution in [0.1, 0.15) is 51.9 Å². The van der Waals surface area contributed by atoms with E-state index in [9.17, 15) is 14.7 Å². The predicted octanol–water partition coefficient (Wildman–Crippen LogP) is 1.22. The van der Waals surface area contributed by atoms with Gasteiger partial charge < -0.3 is 14.9 Å². The molecule has 1 amide bonds. The maximum Gasteiger partial charge on any atom is 0.356 e. The third kappa shape index (κ3) is 3.00. The first kappa shape index (κ1) is 17.8. The lowest BCUT2D eigenvalue weighted by atomic mass is 9.96. The molecule has 3 heterocycles. The highest BCUT2D eigenvalue weighted by molar-refractivity contribution is 5.93. The van der Waals surface area contributed by atoms with E-state index in [1.54, 1.807) is 18.8 Å². The molecule has 9 heteroatoms. The minimum atomic E-state index is -1.03. The van der Waals surface area contributed by atoms with Crippen LogP contribution in [0, 0.1) is 0 Å². The molecule has 2 aromatic heterocycles. The van der Waals surface area contributed by atoms with Gasteiger partial charge in [0.2, 0.25) is 5.95 Å². The molecule has 0 aliphatic carbocycles. The van der Waals surface area contributed by atoms with Gasteiger partial charge in [-0.05, 0) is 6.92 Å².